The Labute approximate surface area is 130 Å². The Hall–Kier alpha value is -1.87. The van der Waals surface area contributed by atoms with Crippen LogP contribution in [0.3, 0.4) is 0 Å². The van der Waals surface area contributed by atoms with Crippen LogP contribution in [0.1, 0.15) is 41.4 Å². The van der Waals surface area contributed by atoms with Crippen LogP contribution in [0.2, 0.25) is 5.15 Å². The van der Waals surface area contributed by atoms with Crippen LogP contribution in [-0.4, -0.2) is 17.9 Å². The summed E-state index contributed by atoms with van der Waals surface area (Å²) in [5.74, 6) is 0.130. The molecule has 0 aliphatic carbocycles. The number of carbonyl (C=O) groups is 1. The highest BCUT2D eigenvalue weighted by atomic mass is 35.5. The zero-order valence-corrected chi connectivity index (χ0v) is 13.5. The molecule has 0 saturated heterocycles. The predicted octanol–water partition coefficient (Wildman–Crippen LogP) is 4.44. The quantitative estimate of drug-likeness (QED) is 0.785. The number of halogens is 1. The van der Waals surface area contributed by atoms with Crippen LogP contribution >= 0.6 is 11.6 Å². The monoisotopic (exact) mass is 302 g/mol. The first-order valence-corrected chi connectivity index (χ1v) is 7.28. The molecule has 0 aliphatic rings. The molecule has 1 aromatic carbocycles. The van der Waals surface area contributed by atoms with Crippen LogP contribution in [0.25, 0.3) is 0 Å². The Kier molecular flexibility index (Phi) is 4.63. The van der Waals surface area contributed by atoms with Crippen molar-refractivity contribution in [1.82, 2.24) is 4.98 Å². The molecule has 0 unspecified atom stereocenters. The summed E-state index contributed by atoms with van der Waals surface area (Å²) < 4.78 is 0. The van der Waals surface area contributed by atoms with Gasteiger partial charge in [0, 0.05) is 24.0 Å². The standard InChI is InChI=1S/C17H19ClN2O/c1-11(2)15-9-13(10-16(18)19-15)17(21)20(4)14-7-5-12(3)6-8-14/h5-11H,1-4H3. The van der Waals surface area contributed by atoms with Crippen molar-refractivity contribution in [3.8, 4) is 0 Å². The third-order valence-corrected chi connectivity index (χ3v) is 3.57. The van der Waals surface area contributed by atoms with Gasteiger partial charge >= 0.3 is 0 Å². The third-order valence-electron chi connectivity index (χ3n) is 3.38. The largest absolute Gasteiger partial charge is 0.311 e. The number of rotatable bonds is 3. The van der Waals surface area contributed by atoms with Crippen molar-refractivity contribution < 1.29 is 4.79 Å². The van der Waals surface area contributed by atoms with Gasteiger partial charge in [-0.3, -0.25) is 4.79 Å². The SMILES string of the molecule is Cc1ccc(N(C)C(=O)c2cc(Cl)nc(C(C)C)c2)cc1. The molecule has 3 nitrogen and oxygen atoms in total. The molecule has 21 heavy (non-hydrogen) atoms. The minimum absolute atomic E-state index is 0.0925. The van der Waals surface area contributed by atoms with Crippen molar-refractivity contribution in [3.05, 3.63) is 58.4 Å². The molecule has 1 heterocycles. The molecule has 2 rings (SSSR count). The fraction of sp³-hybridized carbons (Fsp3) is 0.294. The molecule has 0 aliphatic heterocycles. The van der Waals surface area contributed by atoms with Gasteiger partial charge in [-0.25, -0.2) is 4.98 Å². The zero-order chi connectivity index (χ0) is 15.6. The number of nitrogens with zero attached hydrogens (tertiary/aromatic N) is 2. The molecule has 4 heteroatoms. The van der Waals surface area contributed by atoms with Crippen LogP contribution in [0.4, 0.5) is 5.69 Å². The minimum Gasteiger partial charge on any atom is -0.311 e. The summed E-state index contributed by atoms with van der Waals surface area (Å²) in [7, 11) is 1.76. The third kappa shape index (κ3) is 3.61. The normalized spacial score (nSPS) is 10.8. The van der Waals surface area contributed by atoms with E-state index in [0.717, 1.165) is 16.9 Å². The summed E-state index contributed by atoms with van der Waals surface area (Å²) in [5, 5.41) is 0.349. The number of hydrogen-bond donors (Lipinski definition) is 0. The van der Waals surface area contributed by atoms with E-state index in [9.17, 15) is 4.79 Å². The van der Waals surface area contributed by atoms with Gasteiger partial charge in [0.1, 0.15) is 5.15 Å². The molecular weight excluding hydrogens is 284 g/mol. The lowest BCUT2D eigenvalue weighted by Crippen LogP contribution is -2.26. The second kappa shape index (κ2) is 6.27. The molecular formula is C17H19ClN2O. The fourth-order valence-corrected chi connectivity index (χ4v) is 2.23. The first kappa shape index (κ1) is 15.5. The van der Waals surface area contributed by atoms with Crippen LogP contribution < -0.4 is 4.90 Å². The lowest BCUT2D eigenvalue weighted by Gasteiger charge is -2.18. The maximum absolute atomic E-state index is 12.6. The summed E-state index contributed by atoms with van der Waals surface area (Å²) in [5.41, 5.74) is 3.39. The first-order chi connectivity index (χ1) is 9.88. The van der Waals surface area contributed by atoms with Crippen molar-refractivity contribution in [2.24, 2.45) is 0 Å². The van der Waals surface area contributed by atoms with Crippen LogP contribution in [0, 0.1) is 6.92 Å². The van der Waals surface area contributed by atoms with Crippen molar-refractivity contribution in [2.45, 2.75) is 26.7 Å². The van der Waals surface area contributed by atoms with Crippen molar-refractivity contribution in [1.29, 1.82) is 0 Å². The molecule has 1 amide bonds. The van der Waals surface area contributed by atoms with Gasteiger partial charge < -0.3 is 4.90 Å². The van der Waals surface area contributed by atoms with E-state index in [1.54, 1.807) is 18.0 Å². The zero-order valence-electron chi connectivity index (χ0n) is 12.7. The van der Waals surface area contributed by atoms with E-state index >= 15 is 0 Å². The van der Waals surface area contributed by atoms with E-state index in [0.29, 0.717) is 10.7 Å². The van der Waals surface area contributed by atoms with Gasteiger partial charge in [-0.15, -0.1) is 0 Å². The van der Waals surface area contributed by atoms with Gasteiger partial charge in [0.15, 0.2) is 0 Å². The fourth-order valence-electron chi connectivity index (χ4n) is 2.02. The lowest BCUT2D eigenvalue weighted by molar-refractivity contribution is 0.0993. The van der Waals surface area contributed by atoms with Gasteiger partial charge in [-0.05, 0) is 37.1 Å². The maximum Gasteiger partial charge on any atom is 0.258 e. The summed E-state index contributed by atoms with van der Waals surface area (Å²) in [4.78, 5) is 18.5. The molecule has 110 valence electrons. The summed E-state index contributed by atoms with van der Waals surface area (Å²) in [6, 6.07) is 11.2. The number of hydrogen-bond acceptors (Lipinski definition) is 2. The maximum atomic E-state index is 12.6. The molecule has 0 atom stereocenters. The Bertz CT molecular complexity index is 650. The Balaban J connectivity index is 2.33. The number of benzene rings is 1. The minimum atomic E-state index is -0.0925. The average Bonchev–Trinajstić information content (AvgIpc) is 2.45. The topological polar surface area (TPSA) is 33.2 Å². The molecule has 1 aromatic heterocycles. The van der Waals surface area contributed by atoms with Crippen LogP contribution in [-0.2, 0) is 0 Å². The van der Waals surface area contributed by atoms with E-state index in [1.165, 1.54) is 0 Å². The van der Waals surface area contributed by atoms with E-state index in [4.69, 9.17) is 11.6 Å². The number of aryl methyl sites for hydroxylation is 1. The molecule has 0 N–H and O–H groups in total. The Morgan fingerprint density at radius 3 is 2.38 bits per heavy atom. The number of aromatic nitrogens is 1. The number of carbonyl (C=O) groups excluding carboxylic acids is 1. The Morgan fingerprint density at radius 2 is 1.81 bits per heavy atom. The molecule has 0 spiro atoms. The first-order valence-electron chi connectivity index (χ1n) is 6.90. The van der Waals surface area contributed by atoms with Crippen molar-refractivity contribution in [2.75, 3.05) is 11.9 Å². The van der Waals surface area contributed by atoms with Crippen LogP contribution in [0.5, 0.6) is 0 Å². The van der Waals surface area contributed by atoms with Gasteiger partial charge in [-0.1, -0.05) is 43.1 Å². The summed E-state index contributed by atoms with van der Waals surface area (Å²) in [6.07, 6.45) is 0. The van der Waals surface area contributed by atoms with Gasteiger partial charge in [0.05, 0.1) is 0 Å². The molecule has 0 saturated carbocycles. The van der Waals surface area contributed by atoms with Gasteiger partial charge in [0.2, 0.25) is 0 Å². The molecule has 0 fully saturated rings. The van der Waals surface area contributed by atoms with Crippen LogP contribution in [0.15, 0.2) is 36.4 Å². The Morgan fingerprint density at radius 1 is 1.19 bits per heavy atom. The highest BCUT2D eigenvalue weighted by Gasteiger charge is 2.16. The second-order valence-corrected chi connectivity index (χ2v) is 5.85. The highest BCUT2D eigenvalue weighted by molar-refractivity contribution is 6.29. The smallest absolute Gasteiger partial charge is 0.258 e. The van der Waals surface area contributed by atoms with E-state index < -0.39 is 0 Å². The number of anilines is 1. The summed E-state index contributed by atoms with van der Waals surface area (Å²) >= 11 is 6.03. The van der Waals surface area contributed by atoms with Gasteiger partial charge in [0.25, 0.3) is 5.91 Å². The van der Waals surface area contributed by atoms with E-state index in [2.05, 4.69) is 4.98 Å². The highest BCUT2D eigenvalue weighted by Crippen LogP contribution is 2.21. The second-order valence-electron chi connectivity index (χ2n) is 5.46. The van der Waals surface area contributed by atoms with E-state index in [-0.39, 0.29) is 11.8 Å². The number of amides is 1. The molecule has 2 aromatic rings. The average molecular weight is 303 g/mol. The van der Waals surface area contributed by atoms with Crippen molar-refractivity contribution >= 4 is 23.2 Å². The van der Waals surface area contributed by atoms with Gasteiger partial charge in [-0.2, -0.15) is 0 Å². The number of pyridine rings is 1. The molecule has 0 radical (unpaired) electrons. The molecule has 0 bridgehead atoms. The van der Waals surface area contributed by atoms with E-state index in [1.807, 2.05) is 51.1 Å². The van der Waals surface area contributed by atoms with Crippen molar-refractivity contribution in [3.63, 3.8) is 0 Å². The lowest BCUT2D eigenvalue weighted by atomic mass is 10.1. The predicted molar refractivity (Wildman–Crippen MR) is 87.2 cm³/mol. The summed E-state index contributed by atoms with van der Waals surface area (Å²) in [6.45, 7) is 6.07.